The van der Waals surface area contributed by atoms with Gasteiger partial charge in [0.05, 0.1) is 11.6 Å². The van der Waals surface area contributed by atoms with Crippen molar-refractivity contribution in [3.8, 4) is 0 Å². The van der Waals surface area contributed by atoms with E-state index in [1.54, 1.807) is 17.5 Å². The van der Waals surface area contributed by atoms with Gasteiger partial charge >= 0.3 is 0 Å². The van der Waals surface area contributed by atoms with Gasteiger partial charge in [0.15, 0.2) is 0 Å². The van der Waals surface area contributed by atoms with Crippen LogP contribution in [0.2, 0.25) is 5.02 Å². The van der Waals surface area contributed by atoms with Gasteiger partial charge in [-0.3, -0.25) is 4.68 Å². The van der Waals surface area contributed by atoms with Crippen molar-refractivity contribution in [1.82, 2.24) is 9.78 Å². The topological polar surface area (TPSA) is 29.9 Å². The van der Waals surface area contributed by atoms with Gasteiger partial charge in [-0.2, -0.15) is 5.10 Å². The SMILES string of the molecule is Clc1csc(CNc2ccccc2Cn2cccn2)c1. The summed E-state index contributed by atoms with van der Waals surface area (Å²) in [4.78, 5) is 1.23. The third-order valence-corrected chi connectivity index (χ3v) is 4.27. The quantitative estimate of drug-likeness (QED) is 0.763. The molecule has 2 aromatic heterocycles. The first-order valence-electron chi connectivity index (χ1n) is 6.33. The smallest absolute Gasteiger partial charge is 0.0679 e. The summed E-state index contributed by atoms with van der Waals surface area (Å²) >= 11 is 7.61. The number of thiophene rings is 1. The monoisotopic (exact) mass is 303 g/mol. The lowest BCUT2D eigenvalue weighted by Crippen LogP contribution is -2.05. The van der Waals surface area contributed by atoms with Crippen LogP contribution in [0, 0.1) is 0 Å². The molecule has 20 heavy (non-hydrogen) atoms. The van der Waals surface area contributed by atoms with E-state index < -0.39 is 0 Å². The number of aromatic nitrogens is 2. The predicted octanol–water partition coefficient (Wildman–Crippen LogP) is 4.26. The fraction of sp³-hybridized carbons (Fsp3) is 0.133. The summed E-state index contributed by atoms with van der Waals surface area (Å²) in [6.45, 7) is 1.55. The number of halogens is 1. The van der Waals surface area contributed by atoms with E-state index in [1.165, 1.54) is 10.4 Å². The largest absolute Gasteiger partial charge is 0.380 e. The van der Waals surface area contributed by atoms with Crippen molar-refractivity contribution in [2.45, 2.75) is 13.1 Å². The van der Waals surface area contributed by atoms with Crippen LogP contribution in [0.1, 0.15) is 10.4 Å². The van der Waals surface area contributed by atoms with Crippen LogP contribution in [0.3, 0.4) is 0 Å². The van der Waals surface area contributed by atoms with Crippen LogP contribution >= 0.6 is 22.9 Å². The number of rotatable bonds is 5. The highest BCUT2D eigenvalue weighted by molar-refractivity contribution is 7.10. The molecule has 0 saturated heterocycles. The van der Waals surface area contributed by atoms with Crippen LogP contribution in [0.25, 0.3) is 0 Å². The highest BCUT2D eigenvalue weighted by Crippen LogP contribution is 2.22. The maximum Gasteiger partial charge on any atom is 0.0679 e. The molecule has 0 unspecified atom stereocenters. The minimum absolute atomic E-state index is 0.765. The Balaban J connectivity index is 1.72. The Hall–Kier alpha value is -1.78. The van der Waals surface area contributed by atoms with Gasteiger partial charge in [-0.05, 0) is 23.8 Å². The molecule has 5 heteroatoms. The Morgan fingerprint density at radius 3 is 2.90 bits per heavy atom. The highest BCUT2D eigenvalue weighted by atomic mass is 35.5. The van der Waals surface area contributed by atoms with Crippen LogP contribution < -0.4 is 5.32 Å². The molecular weight excluding hydrogens is 290 g/mol. The average Bonchev–Trinajstić information content (AvgIpc) is 3.10. The lowest BCUT2D eigenvalue weighted by molar-refractivity contribution is 0.687. The molecule has 0 atom stereocenters. The minimum atomic E-state index is 0.765. The Bertz CT molecular complexity index is 676. The first kappa shape index (κ1) is 13.2. The molecule has 1 N–H and O–H groups in total. The Labute approximate surface area is 126 Å². The maximum atomic E-state index is 5.94. The molecule has 0 spiro atoms. The van der Waals surface area contributed by atoms with Crippen molar-refractivity contribution >= 4 is 28.6 Å². The van der Waals surface area contributed by atoms with Crippen LogP contribution in [-0.4, -0.2) is 9.78 Å². The number of nitrogens with one attached hydrogen (secondary N) is 1. The summed E-state index contributed by atoms with van der Waals surface area (Å²) in [5.74, 6) is 0. The molecule has 0 bridgehead atoms. The number of hydrogen-bond acceptors (Lipinski definition) is 3. The van der Waals surface area contributed by atoms with Gasteiger partial charge in [-0.15, -0.1) is 11.3 Å². The molecule has 2 heterocycles. The summed E-state index contributed by atoms with van der Waals surface area (Å²) in [5, 5.41) is 10.5. The zero-order valence-electron chi connectivity index (χ0n) is 10.8. The molecule has 0 radical (unpaired) electrons. The van der Waals surface area contributed by atoms with Gasteiger partial charge in [0.25, 0.3) is 0 Å². The summed E-state index contributed by atoms with van der Waals surface area (Å²) < 4.78 is 1.92. The first-order valence-corrected chi connectivity index (χ1v) is 7.59. The first-order chi connectivity index (χ1) is 9.81. The van der Waals surface area contributed by atoms with E-state index in [0.29, 0.717) is 0 Å². The highest BCUT2D eigenvalue weighted by Gasteiger charge is 2.04. The van der Waals surface area contributed by atoms with Gasteiger partial charge in [0.1, 0.15) is 0 Å². The molecule has 0 saturated carbocycles. The van der Waals surface area contributed by atoms with Gasteiger partial charge in [-0.1, -0.05) is 29.8 Å². The summed E-state index contributed by atoms with van der Waals surface area (Å²) in [6.07, 6.45) is 3.76. The molecule has 0 aliphatic carbocycles. The minimum Gasteiger partial charge on any atom is -0.380 e. The second kappa shape index (κ2) is 6.11. The van der Waals surface area contributed by atoms with E-state index in [9.17, 15) is 0 Å². The van der Waals surface area contributed by atoms with Crippen molar-refractivity contribution in [2.75, 3.05) is 5.32 Å². The van der Waals surface area contributed by atoms with E-state index in [-0.39, 0.29) is 0 Å². The average molecular weight is 304 g/mol. The molecule has 0 fully saturated rings. The number of nitrogens with zero attached hydrogens (tertiary/aromatic N) is 2. The second-order valence-electron chi connectivity index (χ2n) is 4.45. The van der Waals surface area contributed by atoms with Gasteiger partial charge in [-0.25, -0.2) is 0 Å². The van der Waals surface area contributed by atoms with E-state index in [2.05, 4.69) is 22.5 Å². The van der Waals surface area contributed by atoms with Crippen molar-refractivity contribution in [1.29, 1.82) is 0 Å². The lowest BCUT2D eigenvalue weighted by Gasteiger charge is -2.11. The zero-order valence-corrected chi connectivity index (χ0v) is 12.4. The van der Waals surface area contributed by atoms with Crippen molar-refractivity contribution < 1.29 is 0 Å². The molecule has 0 aliphatic heterocycles. The number of benzene rings is 1. The van der Waals surface area contributed by atoms with Crippen molar-refractivity contribution in [3.63, 3.8) is 0 Å². The lowest BCUT2D eigenvalue weighted by atomic mass is 10.1. The van der Waals surface area contributed by atoms with Gasteiger partial charge in [0.2, 0.25) is 0 Å². The van der Waals surface area contributed by atoms with E-state index in [4.69, 9.17) is 11.6 Å². The van der Waals surface area contributed by atoms with Crippen LogP contribution in [-0.2, 0) is 13.1 Å². The normalized spacial score (nSPS) is 10.7. The number of para-hydroxylation sites is 1. The van der Waals surface area contributed by atoms with Crippen LogP contribution in [0.15, 0.2) is 54.2 Å². The molecule has 0 amide bonds. The molecule has 3 rings (SSSR count). The summed E-state index contributed by atoms with van der Waals surface area (Å²) in [5.41, 5.74) is 2.35. The third kappa shape index (κ3) is 3.21. The Morgan fingerprint density at radius 2 is 2.15 bits per heavy atom. The molecule has 1 aromatic carbocycles. The third-order valence-electron chi connectivity index (χ3n) is 2.98. The van der Waals surface area contributed by atoms with Crippen LogP contribution in [0.5, 0.6) is 0 Å². The standard InChI is InChI=1S/C15H14ClN3S/c16-13-8-14(20-11-13)9-17-15-5-2-1-4-12(15)10-19-7-3-6-18-19/h1-8,11,17H,9-10H2. The molecular formula is C15H14ClN3S. The Kier molecular flexibility index (Phi) is 4.04. The fourth-order valence-corrected chi connectivity index (χ4v) is 3.04. The maximum absolute atomic E-state index is 5.94. The molecule has 3 nitrogen and oxygen atoms in total. The van der Waals surface area contributed by atoms with Gasteiger partial charge < -0.3 is 5.32 Å². The van der Waals surface area contributed by atoms with E-state index in [1.807, 2.05) is 40.5 Å². The summed E-state index contributed by atoms with van der Waals surface area (Å²) in [6, 6.07) is 12.2. The van der Waals surface area contributed by atoms with E-state index in [0.717, 1.165) is 23.8 Å². The Morgan fingerprint density at radius 1 is 1.25 bits per heavy atom. The predicted molar refractivity (Wildman–Crippen MR) is 84.4 cm³/mol. The molecule has 102 valence electrons. The van der Waals surface area contributed by atoms with E-state index >= 15 is 0 Å². The second-order valence-corrected chi connectivity index (χ2v) is 5.88. The number of anilines is 1. The van der Waals surface area contributed by atoms with Crippen molar-refractivity contribution in [3.05, 3.63) is 69.6 Å². The summed E-state index contributed by atoms with van der Waals surface area (Å²) in [7, 11) is 0. The van der Waals surface area contributed by atoms with Gasteiger partial charge in [0, 0.05) is 34.9 Å². The van der Waals surface area contributed by atoms with Crippen molar-refractivity contribution in [2.24, 2.45) is 0 Å². The molecule has 3 aromatic rings. The molecule has 0 aliphatic rings. The van der Waals surface area contributed by atoms with Crippen LogP contribution in [0.4, 0.5) is 5.69 Å². The zero-order chi connectivity index (χ0) is 13.8. The fourth-order valence-electron chi connectivity index (χ4n) is 2.03. The number of hydrogen-bond donors (Lipinski definition) is 1.